The van der Waals surface area contributed by atoms with Gasteiger partial charge in [0.05, 0.1) is 26.3 Å². The minimum atomic E-state index is -0.610. The first kappa shape index (κ1) is 21.1. The number of hydrogen-bond donors (Lipinski definition) is 0. The maximum atomic E-state index is 13.0. The normalized spacial score (nSPS) is 16.0. The summed E-state index contributed by atoms with van der Waals surface area (Å²) >= 11 is 0. The quantitative estimate of drug-likeness (QED) is 0.573. The summed E-state index contributed by atoms with van der Waals surface area (Å²) in [7, 11) is 2.61. The summed E-state index contributed by atoms with van der Waals surface area (Å²) in [6.07, 6.45) is 2.98. The van der Waals surface area contributed by atoms with Crippen LogP contribution in [-0.4, -0.2) is 37.7 Å². The van der Waals surface area contributed by atoms with E-state index in [-0.39, 0.29) is 17.8 Å². The van der Waals surface area contributed by atoms with Crippen molar-refractivity contribution in [1.82, 2.24) is 4.98 Å². The molecule has 0 bridgehead atoms. The molecule has 1 aliphatic rings. The third kappa shape index (κ3) is 3.92. The van der Waals surface area contributed by atoms with E-state index in [0.717, 1.165) is 16.9 Å². The number of carbonyl (C=O) groups is 2. The van der Waals surface area contributed by atoms with Crippen molar-refractivity contribution in [2.24, 2.45) is 0 Å². The minimum absolute atomic E-state index is 0.152. The fourth-order valence-electron chi connectivity index (χ4n) is 3.92. The van der Waals surface area contributed by atoms with E-state index in [9.17, 15) is 9.59 Å². The van der Waals surface area contributed by atoms with Crippen LogP contribution in [0.5, 0.6) is 0 Å². The van der Waals surface area contributed by atoms with Crippen LogP contribution < -0.4 is 9.80 Å². The molecule has 0 fully saturated rings. The number of pyridine rings is 1. The van der Waals surface area contributed by atoms with E-state index in [1.54, 1.807) is 12.4 Å². The fourth-order valence-corrected chi connectivity index (χ4v) is 3.92. The summed E-state index contributed by atoms with van der Waals surface area (Å²) in [5, 5.41) is 0. The van der Waals surface area contributed by atoms with Gasteiger partial charge >= 0.3 is 11.9 Å². The van der Waals surface area contributed by atoms with Gasteiger partial charge < -0.3 is 19.3 Å². The van der Waals surface area contributed by atoms with Gasteiger partial charge in [0.2, 0.25) is 0 Å². The Labute approximate surface area is 186 Å². The van der Waals surface area contributed by atoms with E-state index >= 15 is 0 Å². The van der Waals surface area contributed by atoms with Crippen LogP contribution in [0.1, 0.15) is 11.7 Å². The number of rotatable bonds is 5. The molecule has 0 radical (unpaired) electrons. The lowest BCUT2D eigenvalue weighted by Crippen LogP contribution is -2.50. The molecule has 0 N–H and O–H groups in total. The van der Waals surface area contributed by atoms with Gasteiger partial charge in [0.15, 0.2) is 0 Å². The molecule has 1 aliphatic heterocycles. The summed E-state index contributed by atoms with van der Waals surface area (Å²) < 4.78 is 10.2. The SMILES string of the molecule is COC(=O)C1=C(C(=O)OC)N(c2ccccc2)C(c2ccncc2)N(c2ccccc2)C1. The van der Waals surface area contributed by atoms with E-state index in [1.165, 1.54) is 14.2 Å². The molecule has 1 atom stereocenters. The standard InChI is InChI=1S/C25H23N3O4/c1-31-24(29)21-17-27(19-9-5-3-6-10-19)23(18-13-15-26-16-14-18)28(22(21)25(30)32-2)20-11-7-4-8-12-20/h3-16,23H,17H2,1-2H3. The second-order valence-electron chi connectivity index (χ2n) is 7.13. The molecule has 0 saturated heterocycles. The van der Waals surface area contributed by atoms with Gasteiger partial charge in [-0.2, -0.15) is 0 Å². The maximum Gasteiger partial charge on any atom is 0.355 e. The molecular weight excluding hydrogens is 406 g/mol. The lowest BCUT2D eigenvalue weighted by molar-refractivity contribution is -0.139. The molecule has 0 spiro atoms. The van der Waals surface area contributed by atoms with Gasteiger partial charge in [0.25, 0.3) is 0 Å². The Balaban J connectivity index is 2.03. The first-order valence-corrected chi connectivity index (χ1v) is 10.1. The number of benzene rings is 2. The van der Waals surface area contributed by atoms with Crippen molar-refractivity contribution in [2.45, 2.75) is 6.17 Å². The Kier molecular flexibility index (Phi) is 6.17. The van der Waals surface area contributed by atoms with Crippen LogP contribution in [-0.2, 0) is 19.1 Å². The zero-order valence-electron chi connectivity index (χ0n) is 17.8. The molecule has 7 nitrogen and oxygen atoms in total. The van der Waals surface area contributed by atoms with Gasteiger partial charge in [-0.1, -0.05) is 36.4 Å². The van der Waals surface area contributed by atoms with E-state index < -0.39 is 18.1 Å². The number of esters is 2. The highest BCUT2D eigenvalue weighted by atomic mass is 16.5. The average molecular weight is 429 g/mol. The fraction of sp³-hybridized carbons (Fsp3) is 0.160. The first-order valence-electron chi connectivity index (χ1n) is 10.1. The van der Waals surface area contributed by atoms with Gasteiger partial charge in [0.1, 0.15) is 11.9 Å². The predicted molar refractivity (Wildman–Crippen MR) is 121 cm³/mol. The van der Waals surface area contributed by atoms with Gasteiger partial charge in [-0.15, -0.1) is 0 Å². The third-order valence-corrected chi connectivity index (χ3v) is 5.33. The molecule has 32 heavy (non-hydrogen) atoms. The number of anilines is 2. The number of aromatic nitrogens is 1. The molecule has 0 amide bonds. The average Bonchev–Trinajstić information content (AvgIpc) is 2.88. The van der Waals surface area contributed by atoms with Gasteiger partial charge in [0, 0.05) is 23.8 Å². The number of para-hydroxylation sites is 2. The molecule has 3 aromatic rings. The van der Waals surface area contributed by atoms with E-state index in [0.29, 0.717) is 0 Å². The van der Waals surface area contributed by atoms with Crippen LogP contribution in [0.15, 0.2) is 96.5 Å². The van der Waals surface area contributed by atoms with Crippen molar-refractivity contribution in [3.8, 4) is 0 Å². The topological polar surface area (TPSA) is 72.0 Å². The predicted octanol–water partition coefficient (Wildman–Crippen LogP) is 3.71. The zero-order chi connectivity index (χ0) is 22.5. The van der Waals surface area contributed by atoms with Crippen LogP contribution in [0.2, 0.25) is 0 Å². The number of carbonyl (C=O) groups excluding carboxylic acids is 2. The Morgan fingerprint density at radius 3 is 1.94 bits per heavy atom. The summed E-state index contributed by atoms with van der Waals surface area (Å²) in [6, 6.07) is 23.0. The van der Waals surface area contributed by atoms with Crippen LogP contribution >= 0.6 is 0 Å². The van der Waals surface area contributed by atoms with E-state index in [2.05, 4.69) is 9.88 Å². The van der Waals surface area contributed by atoms with E-state index in [4.69, 9.17) is 9.47 Å². The van der Waals surface area contributed by atoms with Crippen LogP contribution in [0.4, 0.5) is 11.4 Å². The molecule has 1 aromatic heterocycles. The second-order valence-corrected chi connectivity index (χ2v) is 7.13. The molecule has 2 aromatic carbocycles. The van der Waals surface area contributed by atoms with Gasteiger partial charge in [-0.3, -0.25) is 4.98 Å². The molecule has 0 aliphatic carbocycles. The molecule has 4 rings (SSSR count). The Hall–Kier alpha value is -4.13. The largest absolute Gasteiger partial charge is 0.466 e. The third-order valence-electron chi connectivity index (χ3n) is 5.33. The number of methoxy groups -OCH3 is 2. The molecule has 0 saturated carbocycles. The van der Waals surface area contributed by atoms with Crippen molar-refractivity contribution in [1.29, 1.82) is 0 Å². The minimum Gasteiger partial charge on any atom is -0.466 e. The summed E-state index contributed by atoms with van der Waals surface area (Å²) in [5.74, 6) is -1.19. The molecular formula is C25H23N3O4. The van der Waals surface area contributed by atoms with Gasteiger partial charge in [-0.25, -0.2) is 9.59 Å². The molecule has 162 valence electrons. The maximum absolute atomic E-state index is 13.0. The van der Waals surface area contributed by atoms with Crippen molar-refractivity contribution >= 4 is 23.3 Å². The lowest BCUT2D eigenvalue weighted by atomic mass is 10.0. The van der Waals surface area contributed by atoms with Crippen LogP contribution in [0.25, 0.3) is 0 Å². The summed E-state index contributed by atoms with van der Waals surface area (Å²) in [5.41, 5.74) is 2.90. The summed E-state index contributed by atoms with van der Waals surface area (Å²) in [6.45, 7) is 0.164. The van der Waals surface area contributed by atoms with Crippen LogP contribution in [0, 0.1) is 0 Å². The van der Waals surface area contributed by atoms with Crippen molar-refractivity contribution in [2.75, 3.05) is 30.6 Å². The Bertz CT molecular complexity index is 1120. The molecule has 7 heteroatoms. The van der Waals surface area contributed by atoms with Crippen molar-refractivity contribution < 1.29 is 19.1 Å². The molecule has 2 heterocycles. The Morgan fingerprint density at radius 1 is 0.812 bits per heavy atom. The smallest absolute Gasteiger partial charge is 0.355 e. The first-order chi connectivity index (χ1) is 15.7. The lowest BCUT2D eigenvalue weighted by Gasteiger charge is -2.46. The highest BCUT2D eigenvalue weighted by Crippen LogP contribution is 2.41. The van der Waals surface area contributed by atoms with Crippen molar-refractivity contribution in [3.63, 3.8) is 0 Å². The number of nitrogens with zero attached hydrogens (tertiary/aromatic N) is 3. The second kappa shape index (κ2) is 9.34. The number of hydrogen-bond acceptors (Lipinski definition) is 7. The number of ether oxygens (including phenoxy) is 2. The molecule has 1 unspecified atom stereocenters. The zero-order valence-corrected chi connectivity index (χ0v) is 17.8. The summed E-state index contributed by atoms with van der Waals surface area (Å²) in [4.78, 5) is 33.9. The van der Waals surface area contributed by atoms with Gasteiger partial charge in [-0.05, 0) is 42.0 Å². The highest BCUT2D eigenvalue weighted by Gasteiger charge is 2.42. The Morgan fingerprint density at radius 2 is 1.38 bits per heavy atom. The highest BCUT2D eigenvalue weighted by molar-refractivity contribution is 6.04. The monoisotopic (exact) mass is 429 g/mol. The van der Waals surface area contributed by atoms with E-state index in [1.807, 2.05) is 77.7 Å². The van der Waals surface area contributed by atoms with Crippen molar-refractivity contribution in [3.05, 3.63) is 102 Å². The van der Waals surface area contributed by atoms with Crippen LogP contribution in [0.3, 0.4) is 0 Å².